The van der Waals surface area contributed by atoms with Crippen LogP contribution in [0.1, 0.15) is 33.6 Å². The smallest absolute Gasteiger partial charge is 0.410 e. The number of fused-ring (bicyclic) bond motifs is 1. The number of hydrogen-bond acceptors (Lipinski definition) is 6. The molecule has 1 saturated heterocycles. The molecule has 28 heavy (non-hydrogen) atoms. The van der Waals surface area contributed by atoms with Gasteiger partial charge in [0.05, 0.1) is 11.7 Å². The Balaban J connectivity index is 1.75. The van der Waals surface area contributed by atoms with E-state index in [1.54, 1.807) is 20.3 Å². The van der Waals surface area contributed by atoms with E-state index in [0.29, 0.717) is 31.4 Å². The third-order valence-electron chi connectivity index (χ3n) is 4.99. The second-order valence-corrected chi connectivity index (χ2v) is 8.64. The summed E-state index contributed by atoms with van der Waals surface area (Å²) in [5.74, 6) is 0.919. The van der Waals surface area contributed by atoms with Gasteiger partial charge in [0.15, 0.2) is 5.82 Å². The Labute approximate surface area is 164 Å². The average molecular weight is 390 g/mol. The maximum absolute atomic E-state index is 12.7. The number of likely N-dealkylation sites (tertiary alicyclic amines) is 1. The van der Waals surface area contributed by atoms with Crippen LogP contribution in [0.3, 0.4) is 0 Å². The number of amides is 1. The largest absolute Gasteiger partial charge is 0.444 e. The number of aryl methyl sites for hydroxylation is 1. The fourth-order valence-electron chi connectivity index (χ4n) is 3.56. The fourth-order valence-corrected chi connectivity index (χ4v) is 3.56. The molecule has 0 unspecified atom stereocenters. The first-order valence-electron chi connectivity index (χ1n) is 9.64. The van der Waals surface area contributed by atoms with Gasteiger partial charge in [-0.15, -0.1) is 0 Å². The minimum absolute atomic E-state index is 0.265. The van der Waals surface area contributed by atoms with Gasteiger partial charge in [0.25, 0.3) is 0 Å². The van der Waals surface area contributed by atoms with E-state index in [4.69, 9.17) is 4.74 Å². The second-order valence-electron chi connectivity index (χ2n) is 8.64. The molecule has 0 N–H and O–H groups in total. The van der Waals surface area contributed by atoms with Crippen molar-refractivity contribution < 1.29 is 9.53 Å². The minimum atomic E-state index is -0.493. The first-order valence-corrected chi connectivity index (χ1v) is 9.64. The molecule has 1 aliphatic heterocycles. The van der Waals surface area contributed by atoms with E-state index in [1.807, 2.05) is 46.8 Å². The van der Waals surface area contributed by atoms with Crippen molar-refractivity contribution in [1.82, 2.24) is 24.2 Å². The maximum atomic E-state index is 12.7. The van der Waals surface area contributed by atoms with Crippen LogP contribution >= 0.6 is 0 Å². The van der Waals surface area contributed by atoms with Crippen LogP contribution in [-0.2, 0) is 18.3 Å². The van der Waals surface area contributed by atoms with Crippen LogP contribution in [0.25, 0.3) is 11.0 Å². The number of hydrogen-bond donors (Lipinski definition) is 0. The summed E-state index contributed by atoms with van der Waals surface area (Å²) in [6.07, 6.45) is 3.10. The molecule has 0 bridgehead atoms. The van der Waals surface area contributed by atoms with Gasteiger partial charge in [0.2, 0.25) is 0 Å². The molecular formula is C19H30N6O3. The maximum Gasteiger partial charge on any atom is 0.410 e. The van der Waals surface area contributed by atoms with E-state index in [9.17, 15) is 9.59 Å². The van der Waals surface area contributed by atoms with E-state index in [-0.39, 0.29) is 11.8 Å². The van der Waals surface area contributed by atoms with E-state index < -0.39 is 5.60 Å². The zero-order chi connectivity index (χ0) is 20.6. The van der Waals surface area contributed by atoms with Crippen LogP contribution < -0.4 is 10.6 Å². The van der Waals surface area contributed by atoms with Crippen LogP contribution in [0.5, 0.6) is 0 Å². The average Bonchev–Trinajstić information content (AvgIpc) is 2.97. The number of aromatic nitrogens is 4. The number of piperidine rings is 1. The molecule has 2 aromatic heterocycles. The van der Waals surface area contributed by atoms with Crippen molar-refractivity contribution in [2.45, 2.75) is 45.8 Å². The molecule has 1 fully saturated rings. The van der Waals surface area contributed by atoms with Crippen molar-refractivity contribution in [1.29, 1.82) is 0 Å². The Morgan fingerprint density at radius 2 is 1.93 bits per heavy atom. The first-order chi connectivity index (χ1) is 13.1. The van der Waals surface area contributed by atoms with Gasteiger partial charge in [-0.2, -0.15) is 10.1 Å². The second kappa shape index (κ2) is 7.44. The number of carbonyl (C=O) groups excluding carboxylic acids is 1. The van der Waals surface area contributed by atoms with Gasteiger partial charge in [-0.3, -0.25) is 9.25 Å². The predicted molar refractivity (Wildman–Crippen MR) is 108 cm³/mol. The summed E-state index contributed by atoms with van der Waals surface area (Å²) in [7, 11) is 5.58. The lowest BCUT2D eigenvalue weighted by molar-refractivity contribution is 0.0178. The van der Waals surface area contributed by atoms with Crippen molar-refractivity contribution in [3.05, 3.63) is 16.7 Å². The Morgan fingerprint density at radius 1 is 1.29 bits per heavy atom. The summed E-state index contributed by atoms with van der Waals surface area (Å²) in [4.78, 5) is 32.8. The molecule has 1 amide bonds. The van der Waals surface area contributed by atoms with Gasteiger partial charge in [0.1, 0.15) is 11.1 Å². The zero-order valence-corrected chi connectivity index (χ0v) is 17.6. The first kappa shape index (κ1) is 20.2. The molecule has 0 aliphatic carbocycles. The molecule has 0 radical (unpaired) electrons. The molecule has 1 aliphatic rings. The van der Waals surface area contributed by atoms with Gasteiger partial charge < -0.3 is 14.5 Å². The lowest BCUT2D eigenvalue weighted by Gasteiger charge is -2.33. The highest BCUT2D eigenvalue weighted by Gasteiger charge is 2.28. The van der Waals surface area contributed by atoms with Gasteiger partial charge in [-0.1, -0.05) is 0 Å². The normalized spacial score (nSPS) is 15.9. The van der Waals surface area contributed by atoms with Crippen LogP contribution in [0, 0.1) is 5.92 Å². The summed E-state index contributed by atoms with van der Waals surface area (Å²) in [5, 5.41) is 4.32. The van der Waals surface area contributed by atoms with Crippen molar-refractivity contribution in [3.8, 4) is 0 Å². The van der Waals surface area contributed by atoms with E-state index in [2.05, 4.69) is 10.1 Å². The lowest BCUT2D eigenvalue weighted by atomic mass is 9.97. The van der Waals surface area contributed by atoms with Crippen LogP contribution in [-0.4, -0.2) is 63.1 Å². The SMILES string of the molecule is CN(C)c1nc(=O)n(CC2CCN(C(=O)OC(C)(C)C)CC2)c2cnn(C)c12. The molecule has 0 saturated carbocycles. The Morgan fingerprint density at radius 3 is 2.50 bits per heavy atom. The fraction of sp³-hybridized carbons (Fsp3) is 0.684. The molecule has 3 rings (SSSR count). The standard InChI is InChI=1S/C19H30N6O3/c1-19(2,3)28-18(27)24-9-7-13(8-10-24)12-25-14-11-20-23(6)15(14)16(22(4)5)21-17(25)26/h11,13H,7-10,12H2,1-6H3. The summed E-state index contributed by atoms with van der Waals surface area (Å²) >= 11 is 0. The molecule has 9 heteroatoms. The number of anilines is 1. The zero-order valence-electron chi connectivity index (χ0n) is 17.6. The van der Waals surface area contributed by atoms with Gasteiger partial charge in [0, 0.05) is 40.8 Å². The van der Waals surface area contributed by atoms with Crippen molar-refractivity contribution >= 4 is 22.9 Å². The van der Waals surface area contributed by atoms with Crippen molar-refractivity contribution in [2.24, 2.45) is 13.0 Å². The molecule has 2 aromatic rings. The molecular weight excluding hydrogens is 360 g/mol. The molecule has 0 spiro atoms. The van der Waals surface area contributed by atoms with Crippen molar-refractivity contribution in [3.63, 3.8) is 0 Å². The molecule has 3 heterocycles. The highest BCUT2D eigenvalue weighted by Crippen LogP contribution is 2.24. The molecule has 0 atom stereocenters. The number of ether oxygens (including phenoxy) is 1. The number of rotatable bonds is 3. The summed E-state index contributed by atoms with van der Waals surface area (Å²) in [5.41, 5.74) is 0.878. The van der Waals surface area contributed by atoms with Crippen molar-refractivity contribution in [2.75, 3.05) is 32.1 Å². The highest BCUT2D eigenvalue weighted by atomic mass is 16.6. The molecule has 154 valence electrons. The quantitative estimate of drug-likeness (QED) is 0.795. The third-order valence-corrected chi connectivity index (χ3v) is 4.99. The Bertz CT molecular complexity index is 916. The van der Waals surface area contributed by atoms with E-state index >= 15 is 0 Å². The van der Waals surface area contributed by atoms with Gasteiger partial charge >= 0.3 is 11.8 Å². The van der Waals surface area contributed by atoms with Gasteiger partial charge in [-0.05, 0) is 39.5 Å². The van der Waals surface area contributed by atoms with E-state index in [0.717, 1.165) is 23.9 Å². The summed E-state index contributed by atoms with van der Waals surface area (Å²) < 4.78 is 8.91. The van der Waals surface area contributed by atoms with Crippen LogP contribution in [0.15, 0.2) is 11.0 Å². The monoisotopic (exact) mass is 390 g/mol. The Hall–Kier alpha value is -2.58. The summed E-state index contributed by atoms with van der Waals surface area (Å²) in [6, 6.07) is 0. The van der Waals surface area contributed by atoms with Crippen LogP contribution in [0.4, 0.5) is 10.6 Å². The number of carbonyl (C=O) groups is 1. The van der Waals surface area contributed by atoms with Gasteiger partial charge in [-0.25, -0.2) is 9.59 Å². The van der Waals surface area contributed by atoms with E-state index in [1.165, 1.54) is 0 Å². The summed E-state index contributed by atoms with van der Waals surface area (Å²) in [6.45, 7) is 7.44. The third kappa shape index (κ3) is 4.13. The Kier molecular flexibility index (Phi) is 5.36. The lowest BCUT2D eigenvalue weighted by Crippen LogP contribution is -2.42. The minimum Gasteiger partial charge on any atom is -0.444 e. The predicted octanol–water partition coefficient (Wildman–Crippen LogP) is 1.84. The molecule has 0 aromatic carbocycles. The van der Waals surface area contributed by atoms with Crippen LogP contribution in [0.2, 0.25) is 0 Å². The molecule has 9 nitrogen and oxygen atoms in total. The highest BCUT2D eigenvalue weighted by molar-refractivity contribution is 5.85. The number of nitrogens with zero attached hydrogens (tertiary/aromatic N) is 6. The topological polar surface area (TPSA) is 85.5 Å².